The number of H-pyrrole nitrogens is 1. The van der Waals surface area contributed by atoms with Crippen molar-refractivity contribution in [2.45, 2.75) is 6.42 Å². The molecule has 2 rings (SSSR count). The summed E-state index contributed by atoms with van der Waals surface area (Å²) in [4.78, 5) is 3.32. The minimum absolute atomic E-state index is 0. The van der Waals surface area contributed by atoms with Crippen molar-refractivity contribution in [1.29, 1.82) is 0 Å². The molecule has 1 heterocycles. The topological polar surface area (TPSA) is 15.8 Å². The first-order chi connectivity index (χ1) is 7.06. The molecule has 1 aromatic heterocycles. The van der Waals surface area contributed by atoms with Crippen LogP contribution in [0.5, 0.6) is 0 Å². The molecule has 3 heteroatoms. The number of nitrogens with zero attached hydrogens (tertiary/aromatic N) is 1. The minimum atomic E-state index is 0. The van der Waals surface area contributed by atoms with Gasteiger partial charge >= 0.3 is 0 Å². The Bertz CT molecular complexity index is 454. The van der Waals surface area contributed by atoms with Crippen LogP contribution in [0.2, 0.25) is 0 Å². The Morgan fingerprint density at radius 2 is 1.81 bits per heavy atom. The van der Waals surface area contributed by atoms with E-state index in [2.05, 4.69) is 56.6 Å². The number of likely N-dealkylation sites (N-methyl/N-ethyl adjacent to an activating group) is 1. The standard InChI is InChI=1S/C13H19N2.HI/c1-15(2,3)9-8-11-10-14-13-7-5-4-6-12(11)13;/h4-7,10,14H,8-9H2,1-3H3;1H/q+1;/p-1. The van der Waals surface area contributed by atoms with Crippen LogP contribution in [0, 0.1) is 0 Å². The van der Waals surface area contributed by atoms with Gasteiger partial charge in [-0.15, -0.1) is 0 Å². The zero-order chi connectivity index (χ0) is 10.9. The van der Waals surface area contributed by atoms with Crippen molar-refractivity contribution in [2.75, 3.05) is 27.7 Å². The molecule has 1 aromatic carbocycles. The molecular formula is C13H19IN2. The molecule has 0 saturated carbocycles. The normalized spacial score (nSPS) is 11.4. The van der Waals surface area contributed by atoms with Crippen LogP contribution in [-0.4, -0.2) is 37.2 Å². The zero-order valence-electron chi connectivity index (χ0n) is 10.1. The molecular weight excluding hydrogens is 311 g/mol. The fraction of sp³-hybridized carbons (Fsp3) is 0.385. The molecule has 0 aliphatic carbocycles. The lowest BCUT2D eigenvalue weighted by atomic mass is 10.1. The van der Waals surface area contributed by atoms with E-state index in [0.717, 1.165) is 10.9 Å². The average molecular weight is 330 g/mol. The van der Waals surface area contributed by atoms with Crippen LogP contribution in [0.4, 0.5) is 0 Å². The molecule has 0 fully saturated rings. The fourth-order valence-electron chi connectivity index (χ4n) is 1.79. The first-order valence-corrected chi connectivity index (χ1v) is 5.42. The van der Waals surface area contributed by atoms with Crippen molar-refractivity contribution < 1.29 is 28.5 Å². The monoisotopic (exact) mass is 330 g/mol. The van der Waals surface area contributed by atoms with Gasteiger partial charge in [0.25, 0.3) is 0 Å². The maximum Gasteiger partial charge on any atom is 0.0822 e. The fourth-order valence-corrected chi connectivity index (χ4v) is 1.79. The van der Waals surface area contributed by atoms with Gasteiger partial charge in [-0.1, -0.05) is 18.2 Å². The number of para-hydroxylation sites is 1. The third kappa shape index (κ3) is 3.22. The summed E-state index contributed by atoms with van der Waals surface area (Å²) >= 11 is 0. The van der Waals surface area contributed by atoms with E-state index in [-0.39, 0.29) is 24.0 Å². The van der Waals surface area contributed by atoms with Gasteiger partial charge in [-0.2, -0.15) is 0 Å². The Balaban J connectivity index is 0.00000128. The molecule has 2 aromatic rings. The highest BCUT2D eigenvalue weighted by molar-refractivity contribution is 5.82. The van der Waals surface area contributed by atoms with Gasteiger partial charge in [0, 0.05) is 23.5 Å². The van der Waals surface area contributed by atoms with Gasteiger partial charge in [0.2, 0.25) is 0 Å². The van der Waals surface area contributed by atoms with E-state index in [4.69, 9.17) is 0 Å². The Labute approximate surface area is 114 Å². The molecule has 0 aliphatic heterocycles. The highest BCUT2D eigenvalue weighted by Crippen LogP contribution is 2.18. The Hall–Kier alpha value is -0.550. The Kier molecular flexibility index (Phi) is 4.38. The number of fused-ring (bicyclic) bond motifs is 1. The molecule has 1 N–H and O–H groups in total. The Morgan fingerprint density at radius 3 is 2.50 bits per heavy atom. The van der Waals surface area contributed by atoms with E-state index >= 15 is 0 Å². The molecule has 16 heavy (non-hydrogen) atoms. The largest absolute Gasteiger partial charge is 1.00 e. The van der Waals surface area contributed by atoms with Crippen LogP contribution in [0.15, 0.2) is 30.5 Å². The van der Waals surface area contributed by atoms with E-state index in [1.54, 1.807) is 0 Å². The zero-order valence-corrected chi connectivity index (χ0v) is 12.3. The lowest BCUT2D eigenvalue weighted by Crippen LogP contribution is -3.00. The van der Waals surface area contributed by atoms with E-state index in [9.17, 15) is 0 Å². The number of nitrogens with one attached hydrogen (secondary N) is 1. The summed E-state index contributed by atoms with van der Waals surface area (Å²) in [7, 11) is 6.69. The van der Waals surface area contributed by atoms with Crippen LogP contribution in [-0.2, 0) is 6.42 Å². The number of hydrogen-bond donors (Lipinski definition) is 1. The maximum atomic E-state index is 3.32. The van der Waals surface area contributed by atoms with E-state index in [0.29, 0.717) is 0 Å². The third-order valence-corrected chi connectivity index (χ3v) is 2.73. The van der Waals surface area contributed by atoms with Gasteiger partial charge in [0.05, 0.1) is 27.7 Å². The number of benzene rings is 1. The molecule has 0 unspecified atom stereocenters. The summed E-state index contributed by atoms with van der Waals surface area (Å²) in [6.07, 6.45) is 3.27. The van der Waals surface area contributed by atoms with Crippen LogP contribution in [0.25, 0.3) is 10.9 Å². The van der Waals surface area contributed by atoms with E-state index in [1.165, 1.54) is 23.0 Å². The van der Waals surface area contributed by atoms with Crippen LogP contribution in [0.1, 0.15) is 5.56 Å². The smallest absolute Gasteiger partial charge is 0.0822 e. The van der Waals surface area contributed by atoms with Crippen molar-refractivity contribution in [3.8, 4) is 0 Å². The summed E-state index contributed by atoms with van der Waals surface area (Å²) in [6.45, 7) is 1.17. The van der Waals surface area contributed by atoms with E-state index < -0.39 is 0 Å². The number of rotatable bonds is 3. The second kappa shape index (κ2) is 5.19. The predicted octanol–water partition coefficient (Wildman–Crippen LogP) is -0.579. The molecule has 88 valence electrons. The lowest BCUT2D eigenvalue weighted by molar-refractivity contribution is -0.870. The number of aromatic amines is 1. The van der Waals surface area contributed by atoms with Crippen molar-refractivity contribution in [3.63, 3.8) is 0 Å². The molecule has 0 atom stereocenters. The molecule has 0 aliphatic rings. The van der Waals surface area contributed by atoms with Crippen molar-refractivity contribution in [2.24, 2.45) is 0 Å². The lowest BCUT2D eigenvalue weighted by Gasteiger charge is -2.23. The van der Waals surface area contributed by atoms with Crippen LogP contribution >= 0.6 is 0 Å². The van der Waals surface area contributed by atoms with Crippen LogP contribution < -0.4 is 24.0 Å². The van der Waals surface area contributed by atoms with Gasteiger partial charge in [0.1, 0.15) is 0 Å². The second-order valence-electron chi connectivity index (χ2n) is 5.12. The predicted molar refractivity (Wildman–Crippen MR) is 64.9 cm³/mol. The molecule has 2 nitrogen and oxygen atoms in total. The highest BCUT2D eigenvalue weighted by Gasteiger charge is 2.09. The van der Waals surface area contributed by atoms with Crippen LogP contribution in [0.3, 0.4) is 0 Å². The summed E-state index contributed by atoms with van der Waals surface area (Å²) in [5, 5.41) is 1.37. The third-order valence-electron chi connectivity index (χ3n) is 2.73. The summed E-state index contributed by atoms with van der Waals surface area (Å²) in [5.41, 5.74) is 2.67. The number of aromatic nitrogens is 1. The number of quaternary nitrogens is 1. The first kappa shape index (κ1) is 13.5. The summed E-state index contributed by atoms with van der Waals surface area (Å²) < 4.78 is 1.01. The van der Waals surface area contributed by atoms with Gasteiger partial charge in [-0.3, -0.25) is 0 Å². The number of hydrogen-bond acceptors (Lipinski definition) is 0. The molecule has 0 bridgehead atoms. The molecule has 0 amide bonds. The Morgan fingerprint density at radius 1 is 1.12 bits per heavy atom. The van der Waals surface area contributed by atoms with Gasteiger partial charge in [-0.05, 0) is 11.6 Å². The minimum Gasteiger partial charge on any atom is -1.00 e. The molecule has 0 spiro atoms. The number of halogens is 1. The SMILES string of the molecule is C[N+](C)(C)CCc1c[nH]c2ccccc12.[I-]. The van der Waals surface area contributed by atoms with Crippen molar-refractivity contribution in [1.82, 2.24) is 4.98 Å². The molecule has 0 saturated heterocycles. The summed E-state index contributed by atoms with van der Waals surface area (Å²) in [5.74, 6) is 0. The first-order valence-electron chi connectivity index (χ1n) is 5.42. The van der Waals surface area contributed by atoms with Crippen molar-refractivity contribution in [3.05, 3.63) is 36.0 Å². The second-order valence-corrected chi connectivity index (χ2v) is 5.12. The summed E-state index contributed by atoms with van der Waals surface area (Å²) in [6, 6.07) is 8.50. The van der Waals surface area contributed by atoms with Gasteiger partial charge < -0.3 is 33.4 Å². The average Bonchev–Trinajstić information content (AvgIpc) is 2.57. The van der Waals surface area contributed by atoms with Gasteiger partial charge in [-0.25, -0.2) is 0 Å². The van der Waals surface area contributed by atoms with Crippen molar-refractivity contribution >= 4 is 10.9 Å². The quantitative estimate of drug-likeness (QED) is 0.573. The molecule has 0 radical (unpaired) electrons. The van der Waals surface area contributed by atoms with Gasteiger partial charge in [0.15, 0.2) is 0 Å². The highest BCUT2D eigenvalue weighted by atomic mass is 127. The maximum absolute atomic E-state index is 3.32. The van der Waals surface area contributed by atoms with E-state index in [1.807, 2.05) is 0 Å².